The van der Waals surface area contributed by atoms with Crippen molar-refractivity contribution in [3.05, 3.63) is 11.9 Å². The number of nitrogens with zero attached hydrogens (tertiary/aromatic N) is 2. The van der Waals surface area contributed by atoms with E-state index in [2.05, 4.69) is 8.75 Å². The lowest BCUT2D eigenvalue weighted by Crippen LogP contribution is -1.87. The van der Waals surface area contributed by atoms with Gasteiger partial charge in [0.05, 0.1) is 30.2 Å². The third-order valence-electron chi connectivity index (χ3n) is 0.893. The summed E-state index contributed by atoms with van der Waals surface area (Å²) in [4.78, 5) is 0. The normalized spacial score (nSPS) is 10.1. The SMILES string of the molecule is OCCSCc1cnsn1. The molecule has 0 aliphatic carbocycles. The Bertz CT molecular complexity index is 166. The van der Waals surface area contributed by atoms with Crippen molar-refractivity contribution in [2.24, 2.45) is 0 Å². The average molecular weight is 176 g/mol. The summed E-state index contributed by atoms with van der Waals surface area (Å²) in [6, 6.07) is 0. The zero-order valence-corrected chi connectivity index (χ0v) is 6.99. The Morgan fingerprint density at radius 1 is 1.70 bits per heavy atom. The first kappa shape index (κ1) is 7.97. The summed E-state index contributed by atoms with van der Waals surface area (Å²) in [6.45, 7) is 0.238. The summed E-state index contributed by atoms with van der Waals surface area (Å²) in [5.74, 6) is 1.63. The summed E-state index contributed by atoms with van der Waals surface area (Å²) in [5.41, 5.74) is 1.00. The van der Waals surface area contributed by atoms with Gasteiger partial charge in [0.15, 0.2) is 0 Å². The number of hydrogen-bond donors (Lipinski definition) is 1. The largest absolute Gasteiger partial charge is 0.396 e. The summed E-state index contributed by atoms with van der Waals surface area (Å²) in [6.07, 6.45) is 1.76. The van der Waals surface area contributed by atoms with Crippen LogP contribution in [0.2, 0.25) is 0 Å². The first-order valence-corrected chi connectivity index (χ1v) is 4.77. The molecule has 56 valence electrons. The molecule has 1 aromatic rings. The van der Waals surface area contributed by atoms with Gasteiger partial charge in [-0.3, -0.25) is 0 Å². The van der Waals surface area contributed by atoms with Crippen molar-refractivity contribution in [2.45, 2.75) is 5.75 Å². The van der Waals surface area contributed by atoms with Crippen molar-refractivity contribution in [1.29, 1.82) is 0 Å². The van der Waals surface area contributed by atoms with Crippen molar-refractivity contribution < 1.29 is 5.11 Å². The second-order valence-electron chi connectivity index (χ2n) is 1.67. The van der Waals surface area contributed by atoms with Crippen LogP contribution < -0.4 is 0 Å². The van der Waals surface area contributed by atoms with Gasteiger partial charge in [-0.05, 0) is 0 Å². The number of aromatic nitrogens is 2. The van der Waals surface area contributed by atoms with Gasteiger partial charge in [-0.15, -0.1) is 0 Å². The molecular formula is C5H8N2OS2. The van der Waals surface area contributed by atoms with Gasteiger partial charge in [0, 0.05) is 11.5 Å². The molecule has 0 spiro atoms. The monoisotopic (exact) mass is 176 g/mol. The van der Waals surface area contributed by atoms with Crippen LogP contribution in [0, 0.1) is 0 Å². The molecule has 0 radical (unpaired) electrons. The maximum atomic E-state index is 8.44. The van der Waals surface area contributed by atoms with E-state index in [1.807, 2.05) is 0 Å². The second-order valence-corrected chi connectivity index (χ2v) is 3.34. The number of aliphatic hydroxyl groups is 1. The topological polar surface area (TPSA) is 46.0 Å². The Morgan fingerprint density at radius 3 is 3.20 bits per heavy atom. The Hall–Kier alpha value is -0.130. The summed E-state index contributed by atoms with van der Waals surface area (Å²) < 4.78 is 7.87. The van der Waals surface area contributed by atoms with E-state index in [4.69, 9.17) is 5.11 Å². The molecule has 1 N–H and O–H groups in total. The molecule has 1 aromatic heterocycles. The van der Waals surface area contributed by atoms with Crippen LogP contribution in [-0.2, 0) is 5.75 Å². The lowest BCUT2D eigenvalue weighted by atomic mass is 10.6. The van der Waals surface area contributed by atoms with Crippen LogP contribution in [0.1, 0.15) is 5.69 Å². The highest BCUT2D eigenvalue weighted by Gasteiger charge is 1.94. The number of hydrogen-bond acceptors (Lipinski definition) is 5. The van der Waals surface area contributed by atoms with E-state index in [1.165, 1.54) is 11.7 Å². The lowest BCUT2D eigenvalue weighted by Gasteiger charge is -1.92. The molecule has 10 heavy (non-hydrogen) atoms. The molecule has 1 heterocycles. The molecule has 0 saturated heterocycles. The Labute approximate surface area is 67.8 Å². The fraction of sp³-hybridized carbons (Fsp3) is 0.600. The van der Waals surface area contributed by atoms with Crippen LogP contribution in [-0.4, -0.2) is 26.2 Å². The predicted molar refractivity (Wildman–Crippen MR) is 43.2 cm³/mol. The van der Waals surface area contributed by atoms with Crippen LogP contribution in [0.15, 0.2) is 6.20 Å². The van der Waals surface area contributed by atoms with Gasteiger partial charge in [-0.1, -0.05) is 0 Å². The van der Waals surface area contributed by atoms with Crippen LogP contribution >= 0.6 is 23.5 Å². The van der Waals surface area contributed by atoms with Gasteiger partial charge >= 0.3 is 0 Å². The number of aliphatic hydroxyl groups excluding tert-OH is 1. The predicted octanol–water partition coefficient (Wildman–Crippen LogP) is 0.764. The highest BCUT2D eigenvalue weighted by Crippen LogP contribution is 2.08. The van der Waals surface area contributed by atoms with E-state index in [0.29, 0.717) is 0 Å². The minimum atomic E-state index is 0.238. The molecule has 0 fully saturated rings. The van der Waals surface area contributed by atoms with Crippen LogP contribution in [0.25, 0.3) is 0 Å². The molecule has 0 saturated carbocycles. The van der Waals surface area contributed by atoms with E-state index in [0.717, 1.165) is 17.2 Å². The van der Waals surface area contributed by atoms with E-state index in [-0.39, 0.29) is 6.61 Å². The zero-order chi connectivity index (χ0) is 7.23. The Morgan fingerprint density at radius 2 is 2.60 bits per heavy atom. The van der Waals surface area contributed by atoms with Crippen molar-refractivity contribution in [1.82, 2.24) is 8.75 Å². The summed E-state index contributed by atoms with van der Waals surface area (Å²) in [5, 5.41) is 8.44. The smallest absolute Gasteiger partial charge is 0.0841 e. The standard InChI is InChI=1S/C5H8N2OS2/c8-1-2-9-4-5-3-6-10-7-5/h3,8H,1-2,4H2. The van der Waals surface area contributed by atoms with Gasteiger partial charge in [-0.25, -0.2) is 0 Å². The summed E-state index contributed by atoms with van der Waals surface area (Å²) >= 11 is 2.89. The average Bonchev–Trinajstić information content (AvgIpc) is 2.41. The maximum Gasteiger partial charge on any atom is 0.0841 e. The second kappa shape index (κ2) is 4.65. The van der Waals surface area contributed by atoms with Crippen molar-refractivity contribution >= 4 is 23.5 Å². The molecule has 0 aliphatic rings. The molecule has 0 aromatic carbocycles. The quantitative estimate of drug-likeness (QED) is 0.688. The van der Waals surface area contributed by atoms with Gasteiger partial charge in [0.1, 0.15) is 0 Å². The minimum absolute atomic E-state index is 0.238. The van der Waals surface area contributed by atoms with E-state index < -0.39 is 0 Å². The van der Waals surface area contributed by atoms with Crippen LogP contribution in [0.5, 0.6) is 0 Å². The van der Waals surface area contributed by atoms with E-state index >= 15 is 0 Å². The van der Waals surface area contributed by atoms with Crippen molar-refractivity contribution in [2.75, 3.05) is 12.4 Å². The first-order valence-electron chi connectivity index (χ1n) is 2.88. The zero-order valence-electron chi connectivity index (χ0n) is 5.36. The molecule has 3 nitrogen and oxygen atoms in total. The molecule has 0 bridgehead atoms. The molecule has 5 heteroatoms. The number of rotatable bonds is 4. The van der Waals surface area contributed by atoms with Gasteiger partial charge in [-0.2, -0.15) is 20.5 Å². The van der Waals surface area contributed by atoms with E-state index in [1.54, 1.807) is 18.0 Å². The molecule has 0 unspecified atom stereocenters. The minimum Gasteiger partial charge on any atom is -0.396 e. The van der Waals surface area contributed by atoms with Crippen molar-refractivity contribution in [3.8, 4) is 0 Å². The van der Waals surface area contributed by atoms with Gasteiger partial charge in [0.2, 0.25) is 0 Å². The van der Waals surface area contributed by atoms with Crippen LogP contribution in [0.3, 0.4) is 0 Å². The van der Waals surface area contributed by atoms with Gasteiger partial charge in [0.25, 0.3) is 0 Å². The first-order chi connectivity index (χ1) is 4.93. The maximum absolute atomic E-state index is 8.44. The third kappa shape index (κ3) is 2.64. The van der Waals surface area contributed by atoms with Gasteiger partial charge < -0.3 is 5.11 Å². The van der Waals surface area contributed by atoms with Crippen LogP contribution in [0.4, 0.5) is 0 Å². The third-order valence-corrected chi connectivity index (χ3v) is 2.38. The highest BCUT2D eigenvalue weighted by molar-refractivity contribution is 7.98. The Kier molecular flexibility index (Phi) is 3.71. The number of thioether (sulfide) groups is 1. The molecule has 0 amide bonds. The molecule has 0 aliphatic heterocycles. The van der Waals surface area contributed by atoms with Crippen molar-refractivity contribution in [3.63, 3.8) is 0 Å². The Balaban J connectivity index is 2.15. The summed E-state index contributed by atoms with van der Waals surface area (Å²) in [7, 11) is 0. The molecule has 0 atom stereocenters. The fourth-order valence-electron chi connectivity index (χ4n) is 0.489. The van der Waals surface area contributed by atoms with E-state index in [9.17, 15) is 0 Å². The fourth-order valence-corrected chi connectivity index (χ4v) is 1.62. The lowest BCUT2D eigenvalue weighted by molar-refractivity contribution is 0.322. The molecule has 1 rings (SSSR count). The highest BCUT2D eigenvalue weighted by atomic mass is 32.2. The molecular weight excluding hydrogens is 168 g/mol.